The number of nitrogens with one attached hydrogen (secondary N) is 2. The number of benzene rings is 3. The van der Waals surface area contributed by atoms with Crippen LogP contribution in [0.25, 0.3) is 11.1 Å². The summed E-state index contributed by atoms with van der Waals surface area (Å²) in [6.07, 6.45) is 0.800. The third-order valence-corrected chi connectivity index (χ3v) is 6.22. The van der Waals surface area contributed by atoms with Crippen LogP contribution in [0.15, 0.2) is 78.9 Å². The Morgan fingerprint density at radius 1 is 0.969 bits per heavy atom. The van der Waals surface area contributed by atoms with Crippen LogP contribution in [-0.2, 0) is 17.9 Å². The molecule has 4 rings (SSSR count). The molecule has 4 nitrogen and oxygen atoms in total. The van der Waals surface area contributed by atoms with Crippen molar-refractivity contribution in [1.82, 2.24) is 15.5 Å². The molecule has 0 aliphatic carbocycles. The van der Waals surface area contributed by atoms with Gasteiger partial charge in [-0.15, -0.1) is 0 Å². The van der Waals surface area contributed by atoms with Gasteiger partial charge in [0, 0.05) is 37.2 Å². The van der Waals surface area contributed by atoms with Gasteiger partial charge in [-0.1, -0.05) is 78.3 Å². The molecule has 1 aliphatic rings. The number of rotatable bonds is 8. The lowest BCUT2D eigenvalue weighted by Gasteiger charge is -2.23. The van der Waals surface area contributed by atoms with E-state index in [2.05, 4.69) is 70.1 Å². The van der Waals surface area contributed by atoms with E-state index in [1.54, 1.807) is 0 Å². The molecule has 3 aromatic rings. The van der Waals surface area contributed by atoms with Crippen LogP contribution in [0.3, 0.4) is 0 Å². The number of amides is 1. The van der Waals surface area contributed by atoms with Crippen molar-refractivity contribution in [2.45, 2.75) is 38.5 Å². The van der Waals surface area contributed by atoms with Crippen molar-refractivity contribution in [2.24, 2.45) is 0 Å². The van der Waals surface area contributed by atoms with Gasteiger partial charge in [-0.05, 0) is 47.7 Å². The Kier molecular flexibility index (Phi) is 7.59. The fourth-order valence-corrected chi connectivity index (χ4v) is 4.58. The first kappa shape index (κ1) is 22.5. The van der Waals surface area contributed by atoms with Gasteiger partial charge in [0.05, 0.1) is 6.04 Å². The van der Waals surface area contributed by atoms with Crippen LogP contribution in [-0.4, -0.2) is 36.0 Å². The molecule has 0 radical (unpaired) electrons. The zero-order valence-corrected chi connectivity index (χ0v) is 19.2. The lowest BCUT2D eigenvalue weighted by molar-refractivity contribution is -0.125. The smallest absolute Gasteiger partial charge is 0.237 e. The highest BCUT2D eigenvalue weighted by atomic mass is 35.5. The van der Waals surface area contributed by atoms with Gasteiger partial charge >= 0.3 is 0 Å². The van der Waals surface area contributed by atoms with Crippen molar-refractivity contribution in [1.29, 1.82) is 0 Å². The average Bonchev–Trinajstić information content (AvgIpc) is 3.21. The highest BCUT2D eigenvalue weighted by Crippen LogP contribution is 2.23. The van der Waals surface area contributed by atoms with E-state index in [0.29, 0.717) is 13.1 Å². The molecule has 1 amide bonds. The predicted octanol–water partition coefficient (Wildman–Crippen LogP) is 4.88. The second kappa shape index (κ2) is 10.8. The highest BCUT2D eigenvalue weighted by Gasteiger charge is 2.36. The maximum atomic E-state index is 12.7. The summed E-state index contributed by atoms with van der Waals surface area (Å²) < 4.78 is 0. The second-order valence-corrected chi connectivity index (χ2v) is 8.78. The third kappa shape index (κ3) is 5.77. The van der Waals surface area contributed by atoms with E-state index in [-0.39, 0.29) is 18.0 Å². The summed E-state index contributed by atoms with van der Waals surface area (Å²) in [6.45, 7) is 4.94. The number of likely N-dealkylation sites (tertiary alicyclic amines) is 1. The fourth-order valence-electron chi connectivity index (χ4n) is 4.37. The normalized spacial score (nSPS) is 18.6. The largest absolute Gasteiger partial charge is 0.355 e. The summed E-state index contributed by atoms with van der Waals surface area (Å²) in [6, 6.07) is 27.1. The van der Waals surface area contributed by atoms with Gasteiger partial charge in [0.15, 0.2) is 0 Å². The molecule has 1 heterocycles. The number of carbonyl (C=O) groups excluding carboxylic acids is 1. The molecule has 1 saturated heterocycles. The SMILES string of the molecule is CCNC(=O)[C@@H]1C[C@H](NCc2ccc(-c3ccccc3)cc2)CN1Cc1cccc(Cl)c1. The molecule has 5 heteroatoms. The number of hydrogen-bond donors (Lipinski definition) is 2. The second-order valence-electron chi connectivity index (χ2n) is 8.35. The minimum Gasteiger partial charge on any atom is -0.355 e. The van der Waals surface area contributed by atoms with Crippen molar-refractivity contribution in [3.8, 4) is 11.1 Å². The minimum absolute atomic E-state index is 0.103. The Balaban J connectivity index is 1.38. The first-order valence-electron chi connectivity index (χ1n) is 11.3. The zero-order chi connectivity index (χ0) is 22.3. The molecule has 1 aliphatic heterocycles. The molecule has 0 bridgehead atoms. The van der Waals surface area contributed by atoms with Crippen molar-refractivity contribution >= 4 is 17.5 Å². The topological polar surface area (TPSA) is 44.4 Å². The zero-order valence-electron chi connectivity index (χ0n) is 18.4. The van der Waals surface area contributed by atoms with E-state index in [0.717, 1.165) is 30.1 Å². The Morgan fingerprint density at radius 3 is 2.44 bits per heavy atom. The van der Waals surface area contributed by atoms with Crippen LogP contribution in [0.5, 0.6) is 0 Å². The quantitative estimate of drug-likeness (QED) is 0.517. The summed E-state index contributed by atoms with van der Waals surface area (Å²) >= 11 is 6.17. The van der Waals surface area contributed by atoms with Crippen LogP contribution in [0.1, 0.15) is 24.5 Å². The van der Waals surface area contributed by atoms with Crippen molar-refractivity contribution in [2.75, 3.05) is 13.1 Å². The number of halogens is 1. The van der Waals surface area contributed by atoms with E-state index in [1.807, 2.05) is 31.2 Å². The predicted molar refractivity (Wildman–Crippen MR) is 131 cm³/mol. The van der Waals surface area contributed by atoms with Gasteiger partial charge in [0.2, 0.25) is 5.91 Å². The lowest BCUT2D eigenvalue weighted by Crippen LogP contribution is -2.42. The molecule has 0 saturated carbocycles. The van der Waals surface area contributed by atoms with Gasteiger partial charge in [-0.3, -0.25) is 9.69 Å². The molecule has 3 aromatic carbocycles. The minimum atomic E-state index is -0.133. The Hall–Kier alpha value is -2.66. The van der Waals surface area contributed by atoms with Crippen LogP contribution in [0.2, 0.25) is 5.02 Å². The molecular weight excluding hydrogens is 418 g/mol. The molecule has 166 valence electrons. The Bertz CT molecular complexity index is 1020. The van der Waals surface area contributed by atoms with Crippen molar-refractivity contribution < 1.29 is 4.79 Å². The summed E-state index contributed by atoms with van der Waals surface area (Å²) in [5.74, 6) is 0.103. The monoisotopic (exact) mass is 447 g/mol. The first-order chi connectivity index (χ1) is 15.6. The summed E-state index contributed by atoms with van der Waals surface area (Å²) in [5.41, 5.74) is 4.82. The highest BCUT2D eigenvalue weighted by molar-refractivity contribution is 6.30. The van der Waals surface area contributed by atoms with Crippen LogP contribution < -0.4 is 10.6 Å². The molecular formula is C27H30ClN3O. The maximum absolute atomic E-state index is 12.7. The Morgan fingerprint density at radius 2 is 1.72 bits per heavy atom. The van der Waals surface area contributed by atoms with Gasteiger partial charge in [-0.2, -0.15) is 0 Å². The van der Waals surface area contributed by atoms with E-state index in [4.69, 9.17) is 11.6 Å². The molecule has 1 fully saturated rings. The van der Waals surface area contributed by atoms with Crippen LogP contribution >= 0.6 is 11.6 Å². The molecule has 0 spiro atoms. The number of nitrogens with zero attached hydrogens (tertiary/aromatic N) is 1. The lowest BCUT2D eigenvalue weighted by atomic mass is 10.0. The molecule has 0 aromatic heterocycles. The van der Waals surface area contributed by atoms with Crippen molar-refractivity contribution in [3.05, 3.63) is 95.0 Å². The van der Waals surface area contributed by atoms with Crippen molar-refractivity contribution in [3.63, 3.8) is 0 Å². The van der Waals surface area contributed by atoms with Gasteiger partial charge in [0.1, 0.15) is 0 Å². The molecule has 2 atom stereocenters. The van der Waals surface area contributed by atoms with E-state index in [1.165, 1.54) is 16.7 Å². The Labute approximate surface area is 195 Å². The standard InChI is InChI=1S/C27H30ClN3O/c1-2-29-27(32)26-16-25(19-31(26)18-21-7-6-10-24(28)15-21)30-17-20-11-13-23(14-12-20)22-8-4-3-5-9-22/h3-15,25-26,30H,2,16-19H2,1H3,(H,29,32)/t25-,26-/m0/s1. The van der Waals surface area contributed by atoms with Gasteiger partial charge < -0.3 is 10.6 Å². The van der Waals surface area contributed by atoms with Gasteiger partial charge in [-0.25, -0.2) is 0 Å². The number of likely N-dealkylation sites (N-methyl/N-ethyl adjacent to an activating group) is 1. The number of hydrogen-bond acceptors (Lipinski definition) is 3. The fraction of sp³-hybridized carbons (Fsp3) is 0.296. The van der Waals surface area contributed by atoms with E-state index in [9.17, 15) is 4.79 Å². The summed E-state index contributed by atoms with van der Waals surface area (Å²) in [4.78, 5) is 15.0. The summed E-state index contributed by atoms with van der Waals surface area (Å²) in [5, 5.41) is 7.39. The van der Waals surface area contributed by atoms with Crippen LogP contribution in [0, 0.1) is 0 Å². The van der Waals surface area contributed by atoms with E-state index >= 15 is 0 Å². The van der Waals surface area contributed by atoms with Gasteiger partial charge in [0.25, 0.3) is 0 Å². The van der Waals surface area contributed by atoms with E-state index < -0.39 is 0 Å². The maximum Gasteiger partial charge on any atom is 0.237 e. The van der Waals surface area contributed by atoms with Crippen LogP contribution in [0.4, 0.5) is 0 Å². The summed E-state index contributed by atoms with van der Waals surface area (Å²) in [7, 11) is 0. The molecule has 2 N–H and O–H groups in total. The third-order valence-electron chi connectivity index (χ3n) is 5.99. The first-order valence-corrected chi connectivity index (χ1v) is 11.6. The molecule has 0 unspecified atom stereocenters. The number of carbonyl (C=O) groups is 1. The average molecular weight is 448 g/mol. The molecule has 32 heavy (non-hydrogen) atoms.